The lowest BCUT2D eigenvalue weighted by Crippen LogP contribution is -2.44. The number of esters is 1. The van der Waals surface area contributed by atoms with Gasteiger partial charge in [0, 0.05) is 12.5 Å². The van der Waals surface area contributed by atoms with Gasteiger partial charge in [0.15, 0.2) is 0 Å². The first kappa shape index (κ1) is 31.9. The summed E-state index contributed by atoms with van der Waals surface area (Å²) >= 11 is 0. The van der Waals surface area contributed by atoms with Gasteiger partial charge in [-0.3, -0.25) is 0 Å². The molecule has 36 heavy (non-hydrogen) atoms. The summed E-state index contributed by atoms with van der Waals surface area (Å²) in [6, 6.07) is 8.59. The average Bonchev–Trinajstić information content (AvgIpc) is 2.78. The van der Waals surface area contributed by atoms with E-state index >= 15 is 0 Å². The van der Waals surface area contributed by atoms with E-state index in [2.05, 4.69) is 26.1 Å². The van der Waals surface area contributed by atoms with Gasteiger partial charge in [0.25, 0.3) is 0 Å². The maximum Gasteiger partial charge on any atom is 0.408 e. The number of carbonyl (C=O) groups excluding carboxylic acids is 2. The maximum absolute atomic E-state index is 12.9. The number of hydrogen-bond donors (Lipinski definition) is 2. The van der Waals surface area contributed by atoms with Crippen LogP contribution in [0.2, 0.25) is 0 Å². The first-order valence-corrected chi connectivity index (χ1v) is 13.4. The van der Waals surface area contributed by atoms with Gasteiger partial charge in [-0.1, -0.05) is 57.5 Å². The number of benzene rings is 1. The molecule has 0 spiro atoms. The highest BCUT2D eigenvalue weighted by Crippen LogP contribution is 2.26. The lowest BCUT2D eigenvalue weighted by molar-refractivity contribution is -0.147. The van der Waals surface area contributed by atoms with Crippen molar-refractivity contribution in [3.8, 4) is 0 Å². The van der Waals surface area contributed by atoms with Gasteiger partial charge < -0.3 is 24.6 Å². The highest BCUT2D eigenvalue weighted by Gasteiger charge is 2.29. The molecule has 4 atom stereocenters. The Morgan fingerprint density at radius 3 is 2.22 bits per heavy atom. The minimum absolute atomic E-state index is 0.0150. The summed E-state index contributed by atoms with van der Waals surface area (Å²) in [6.07, 6.45) is 3.20. The molecule has 1 rings (SSSR count). The molecule has 0 aromatic heterocycles. The van der Waals surface area contributed by atoms with Crippen molar-refractivity contribution in [2.24, 2.45) is 11.8 Å². The lowest BCUT2D eigenvalue weighted by Gasteiger charge is -2.30. The number of ether oxygens (including phenoxy) is 3. The van der Waals surface area contributed by atoms with Crippen LogP contribution in [0.3, 0.4) is 0 Å². The van der Waals surface area contributed by atoms with Gasteiger partial charge in [-0.2, -0.15) is 0 Å². The molecule has 0 aliphatic rings. The molecule has 0 saturated carbocycles. The first-order chi connectivity index (χ1) is 16.9. The third kappa shape index (κ3) is 13.8. The molecular formula is C29H49NO6. The van der Waals surface area contributed by atoms with Crippen LogP contribution in [0.1, 0.15) is 92.6 Å². The van der Waals surface area contributed by atoms with Crippen LogP contribution in [0.15, 0.2) is 30.3 Å². The smallest absolute Gasteiger partial charge is 0.408 e. The fourth-order valence-electron chi connectivity index (χ4n) is 4.00. The van der Waals surface area contributed by atoms with Gasteiger partial charge in [0.1, 0.15) is 18.2 Å². The monoisotopic (exact) mass is 507 g/mol. The Balaban J connectivity index is 2.86. The number of hydrogen-bond acceptors (Lipinski definition) is 6. The van der Waals surface area contributed by atoms with Crippen molar-refractivity contribution < 1.29 is 28.9 Å². The molecule has 0 saturated heterocycles. The molecule has 0 bridgehead atoms. The predicted molar refractivity (Wildman–Crippen MR) is 143 cm³/mol. The topological polar surface area (TPSA) is 94.1 Å². The van der Waals surface area contributed by atoms with Crippen molar-refractivity contribution in [2.75, 3.05) is 6.61 Å². The van der Waals surface area contributed by atoms with E-state index in [0.717, 1.165) is 24.8 Å². The first-order valence-electron chi connectivity index (χ1n) is 13.4. The lowest BCUT2D eigenvalue weighted by atomic mass is 9.86. The normalized spacial score (nSPS) is 15.1. The molecule has 0 unspecified atom stereocenters. The molecule has 1 aromatic carbocycles. The Hall–Kier alpha value is -2.12. The molecule has 206 valence electrons. The van der Waals surface area contributed by atoms with Crippen molar-refractivity contribution in [2.45, 2.75) is 117 Å². The highest BCUT2D eigenvalue weighted by molar-refractivity contribution is 5.81. The van der Waals surface area contributed by atoms with Crippen LogP contribution in [0, 0.1) is 11.8 Å². The number of nitrogens with one attached hydrogen (secondary N) is 1. The van der Waals surface area contributed by atoms with Gasteiger partial charge in [-0.05, 0) is 71.3 Å². The average molecular weight is 508 g/mol. The molecule has 1 amide bonds. The van der Waals surface area contributed by atoms with Crippen LogP contribution in [-0.2, 0) is 25.6 Å². The number of aliphatic hydroxyl groups is 1. The van der Waals surface area contributed by atoms with E-state index in [9.17, 15) is 14.7 Å². The van der Waals surface area contributed by atoms with Crippen LogP contribution >= 0.6 is 0 Å². The summed E-state index contributed by atoms with van der Waals surface area (Å²) in [5.74, 6) is 0.0590. The molecule has 1 aromatic rings. The van der Waals surface area contributed by atoms with E-state index in [-0.39, 0.29) is 18.6 Å². The Kier molecular flexibility index (Phi) is 14.7. The van der Waals surface area contributed by atoms with Gasteiger partial charge in [0.05, 0.1) is 12.2 Å². The quantitative estimate of drug-likeness (QED) is 0.266. The third-order valence-corrected chi connectivity index (χ3v) is 5.89. The summed E-state index contributed by atoms with van der Waals surface area (Å²) < 4.78 is 17.0. The van der Waals surface area contributed by atoms with Crippen molar-refractivity contribution in [3.63, 3.8) is 0 Å². The van der Waals surface area contributed by atoms with Crippen molar-refractivity contribution >= 4 is 12.1 Å². The van der Waals surface area contributed by atoms with E-state index in [1.54, 1.807) is 20.8 Å². The Morgan fingerprint density at radius 1 is 1.00 bits per heavy atom. The molecular weight excluding hydrogens is 458 g/mol. The fraction of sp³-hybridized carbons (Fsp3) is 0.724. The summed E-state index contributed by atoms with van der Waals surface area (Å²) in [4.78, 5) is 25.4. The predicted octanol–water partition coefficient (Wildman–Crippen LogP) is 6.02. The summed E-state index contributed by atoms with van der Waals surface area (Å²) in [7, 11) is 0. The van der Waals surface area contributed by atoms with E-state index in [1.807, 2.05) is 37.3 Å². The second-order valence-electron chi connectivity index (χ2n) is 11.0. The van der Waals surface area contributed by atoms with Gasteiger partial charge in [-0.25, -0.2) is 9.59 Å². The van der Waals surface area contributed by atoms with Crippen LogP contribution < -0.4 is 5.32 Å². The zero-order valence-corrected chi connectivity index (χ0v) is 23.4. The van der Waals surface area contributed by atoms with Crippen LogP contribution in [0.5, 0.6) is 0 Å². The second kappa shape index (κ2) is 16.6. The summed E-state index contributed by atoms with van der Waals surface area (Å²) in [6.45, 7) is 14.3. The zero-order chi connectivity index (χ0) is 27.1. The molecule has 0 radical (unpaired) electrons. The Labute approximate surface area is 218 Å². The Bertz CT molecular complexity index is 744. The minimum atomic E-state index is -0.837. The maximum atomic E-state index is 12.9. The van der Waals surface area contributed by atoms with Gasteiger partial charge in [-0.15, -0.1) is 0 Å². The highest BCUT2D eigenvalue weighted by atomic mass is 16.6. The van der Waals surface area contributed by atoms with Gasteiger partial charge >= 0.3 is 12.1 Å². The zero-order valence-electron chi connectivity index (χ0n) is 23.4. The van der Waals surface area contributed by atoms with Crippen molar-refractivity contribution in [3.05, 3.63) is 35.9 Å². The van der Waals surface area contributed by atoms with Crippen LogP contribution in [-0.4, -0.2) is 47.6 Å². The SMILES string of the molecule is CCCO[C@@H](CCC[C@H](NC(=O)OC(C)(C)C)C(=O)OCc1ccccc1)[C@@H](CCC(C)C)[C@H](C)O. The molecule has 0 aliphatic carbocycles. The number of carbonyl (C=O) groups is 2. The van der Waals surface area contributed by atoms with Crippen LogP contribution in [0.25, 0.3) is 0 Å². The number of amides is 1. The number of alkyl carbamates (subject to hydrolysis) is 1. The second-order valence-corrected chi connectivity index (χ2v) is 11.0. The molecule has 0 fully saturated rings. The Morgan fingerprint density at radius 2 is 1.67 bits per heavy atom. The molecule has 7 heteroatoms. The molecule has 0 aliphatic heterocycles. The number of aliphatic hydroxyl groups excluding tert-OH is 1. The van der Waals surface area contributed by atoms with Gasteiger partial charge in [0.2, 0.25) is 0 Å². The number of rotatable bonds is 16. The molecule has 0 heterocycles. The van der Waals surface area contributed by atoms with E-state index in [4.69, 9.17) is 14.2 Å². The van der Waals surface area contributed by atoms with E-state index in [0.29, 0.717) is 31.8 Å². The molecule has 2 N–H and O–H groups in total. The standard InChI is InChI=1S/C29H49NO6/c1-8-19-34-26(24(22(4)31)18-17-21(2)3)16-12-15-25(30-28(33)36-29(5,6)7)27(32)35-20-23-13-10-9-11-14-23/h9-11,13-14,21-22,24-26,31H,8,12,15-20H2,1-7H3,(H,30,33)/t22-,24-,25-,26-/m0/s1. The minimum Gasteiger partial charge on any atom is -0.459 e. The van der Waals surface area contributed by atoms with Crippen molar-refractivity contribution in [1.82, 2.24) is 5.32 Å². The van der Waals surface area contributed by atoms with Crippen molar-refractivity contribution in [1.29, 1.82) is 0 Å². The largest absolute Gasteiger partial charge is 0.459 e. The van der Waals surface area contributed by atoms with Crippen LogP contribution in [0.4, 0.5) is 4.79 Å². The third-order valence-electron chi connectivity index (χ3n) is 5.89. The summed E-state index contributed by atoms with van der Waals surface area (Å²) in [5.41, 5.74) is 0.197. The summed E-state index contributed by atoms with van der Waals surface area (Å²) in [5, 5.41) is 13.2. The molecule has 7 nitrogen and oxygen atoms in total. The van der Waals surface area contributed by atoms with E-state index < -0.39 is 29.8 Å². The fourth-order valence-corrected chi connectivity index (χ4v) is 4.00. The van der Waals surface area contributed by atoms with E-state index in [1.165, 1.54) is 0 Å².